The van der Waals surface area contributed by atoms with Crippen LogP contribution in [0.3, 0.4) is 0 Å². The highest BCUT2D eigenvalue weighted by Gasteiger charge is 2.46. The zero-order valence-electron chi connectivity index (χ0n) is 15.4. The molecule has 3 rings (SSSR count). The number of Topliss-reactive ketones (excluding diaryl/α,β-unsaturated/α-hetero) is 1. The Kier molecular flexibility index (Phi) is 5.70. The Hall–Kier alpha value is -3.26. The zero-order valence-corrected chi connectivity index (χ0v) is 15.4. The van der Waals surface area contributed by atoms with E-state index in [4.69, 9.17) is 9.47 Å². The molecule has 7 nitrogen and oxygen atoms in total. The molecule has 146 valence electrons. The van der Waals surface area contributed by atoms with Crippen LogP contribution >= 0.6 is 0 Å². The number of hydrogen-bond donors (Lipinski definition) is 1. The van der Waals surface area contributed by atoms with E-state index in [1.165, 1.54) is 37.4 Å². The van der Waals surface area contributed by atoms with Crippen molar-refractivity contribution in [3.05, 3.63) is 65.2 Å². The second kappa shape index (κ2) is 8.18. The fourth-order valence-corrected chi connectivity index (χ4v) is 3.19. The summed E-state index contributed by atoms with van der Waals surface area (Å²) >= 11 is 0. The maximum Gasteiger partial charge on any atom is 0.295 e. The Labute approximate surface area is 161 Å². The van der Waals surface area contributed by atoms with Gasteiger partial charge in [0.25, 0.3) is 11.7 Å². The Morgan fingerprint density at radius 3 is 2.71 bits per heavy atom. The van der Waals surface area contributed by atoms with E-state index in [0.717, 1.165) is 6.07 Å². The summed E-state index contributed by atoms with van der Waals surface area (Å²) in [6, 6.07) is 6.04. The van der Waals surface area contributed by atoms with E-state index in [2.05, 4.69) is 4.98 Å². The molecule has 0 radical (unpaired) electrons. The number of amides is 1. The molecule has 1 aromatic heterocycles. The van der Waals surface area contributed by atoms with Gasteiger partial charge in [-0.3, -0.25) is 14.6 Å². The number of benzene rings is 1. The van der Waals surface area contributed by atoms with Gasteiger partial charge in [-0.2, -0.15) is 0 Å². The molecule has 1 N–H and O–H groups in total. The van der Waals surface area contributed by atoms with Crippen molar-refractivity contribution in [1.82, 2.24) is 9.88 Å². The van der Waals surface area contributed by atoms with Crippen LogP contribution in [-0.2, 0) is 14.3 Å². The Morgan fingerprint density at radius 1 is 1.29 bits per heavy atom. The predicted octanol–water partition coefficient (Wildman–Crippen LogP) is 2.30. The number of ketones is 1. The molecule has 2 aromatic rings. The molecule has 1 unspecified atom stereocenters. The van der Waals surface area contributed by atoms with Crippen molar-refractivity contribution in [2.24, 2.45) is 0 Å². The largest absolute Gasteiger partial charge is 0.507 e. The van der Waals surface area contributed by atoms with E-state index in [1.807, 2.05) is 0 Å². The molecule has 28 heavy (non-hydrogen) atoms. The number of aromatic nitrogens is 1. The molecule has 1 atom stereocenters. The minimum atomic E-state index is -0.878. The average molecular weight is 386 g/mol. The molecule has 2 heterocycles. The van der Waals surface area contributed by atoms with E-state index >= 15 is 0 Å². The minimum Gasteiger partial charge on any atom is -0.507 e. The van der Waals surface area contributed by atoms with Crippen molar-refractivity contribution >= 4 is 17.4 Å². The molecule has 1 fully saturated rings. The minimum absolute atomic E-state index is 0.0128. The molecule has 0 spiro atoms. The third-order valence-electron chi connectivity index (χ3n) is 4.49. The van der Waals surface area contributed by atoms with Gasteiger partial charge in [0, 0.05) is 26.0 Å². The number of hydrogen-bond acceptors (Lipinski definition) is 6. The molecule has 8 heteroatoms. The van der Waals surface area contributed by atoms with E-state index in [0.29, 0.717) is 5.56 Å². The van der Waals surface area contributed by atoms with Crippen molar-refractivity contribution in [2.75, 3.05) is 27.4 Å². The lowest BCUT2D eigenvalue weighted by Crippen LogP contribution is -2.32. The first-order chi connectivity index (χ1) is 13.5. The first kappa shape index (κ1) is 19.5. The van der Waals surface area contributed by atoms with Crippen LogP contribution < -0.4 is 4.74 Å². The van der Waals surface area contributed by atoms with Gasteiger partial charge in [0.2, 0.25) is 0 Å². The van der Waals surface area contributed by atoms with Crippen LogP contribution in [0.2, 0.25) is 0 Å². The standard InChI is InChI=1S/C20H19FN2O5/c1-27-9-8-23-17(12-4-3-7-22-11-12)16(19(25)20(23)26)18(24)14-10-13(21)5-6-15(14)28-2/h3-7,10-11,17,24H,8-9H2,1-2H3/b18-16+. The molecule has 1 aliphatic rings. The molecular weight excluding hydrogens is 367 g/mol. The lowest BCUT2D eigenvalue weighted by molar-refractivity contribution is -0.140. The molecular formula is C20H19FN2O5. The second-order valence-electron chi connectivity index (χ2n) is 6.12. The number of carbonyl (C=O) groups is 2. The fraction of sp³-hybridized carbons (Fsp3) is 0.250. The van der Waals surface area contributed by atoms with Crippen molar-refractivity contribution in [2.45, 2.75) is 6.04 Å². The molecule has 1 aromatic carbocycles. The lowest BCUT2D eigenvalue weighted by atomic mass is 9.96. The number of methoxy groups -OCH3 is 2. The number of carbonyl (C=O) groups excluding carboxylic acids is 2. The summed E-state index contributed by atoms with van der Waals surface area (Å²) in [4.78, 5) is 30.7. The number of halogens is 1. The van der Waals surface area contributed by atoms with Crippen LogP contribution in [0.1, 0.15) is 17.2 Å². The van der Waals surface area contributed by atoms with Crippen LogP contribution in [0.4, 0.5) is 4.39 Å². The Morgan fingerprint density at radius 2 is 2.07 bits per heavy atom. The zero-order chi connectivity index (χ0) is 20.3. The number of ether oxygens (including phenoxy) is 2. The molecule has 1 saturated heterocycles. The predicted molar refractivity (Wildman–Crippen MR) is 98.1 cm³/mol. The van der Waals surface area contributed by atoms with Crippen LogP contribution in [-0.4, -0.2) is 54.1 Å². The van der Waals surface area contributed by atoms with Crippen LogP contribution in [0.15, 0.2) is 48.3 Å². The summed E-state index contributed by atoms with van der Waals surface area (Å²) in [5, 5.41) is 10.9. The smallest absolute Gasteiger partial charge is 0.295 e. The van der Waals surface area contributed by atoms with Crippen molar-refractivity contribution in [1.29, 1.82) is 0 Å². The highest BCUT2D eigenvalue weighted by molar-refractivity contribution is 6.46. The number of pyridine rings is 1. The monoisotopic (exact) mass is 386 g/mol. The number of nitrogens with zero attached hydrogens (tertiary/aromatic N) is 2. The molecule has 0 aliphatic carbocycles. The summed E-state index contributed by atoms with van der Waals surface area (Å²) in [5.41, 5.74) is 0.369. The van der Waals surface area contributed by atoms with Gasteiger partial charge in [0.05, 0.1) is 30.9 Å². The van der Waals surface area contributed by atoms with Gasteiger partial charge >= 0.3 is 0 Å². The van der Waals surface area contributed by atoms with Gasteiger partial charge in [0.15, 0.2) is 0 Å². The van der Waals surface area contributed by atoms with E-state index in [9.17, 15) is 19.1 Å². The number of rotatable bonds is 6. The number of aliphatic hydroxyl groups excluding tert-OH is 1. The topological polar surface area (TPSA) is 89.0 Å². The van der Waals surface area contributed by atoms with Gasteiger partial charge in [-0.1, -0.05) is 6.07 Å². The van der Waals surface area contributed by atoms with Gasteiger partial charge in [-0.05, 0) is 29.8 Å². The summed E-state index contributed by atoms with van der Waals surface area (Å²) in [7, 11) is 2.84. The second-order valence-corrected chi connectivity index (χ2v) is 6.12. The van der Waals surface area contributed by atoms with E-state index in [-0.39, 0.29) is 30.0 Å². The van der Waals surface area contributed by atoms with E-state index < -0.39 is 29.3 Å². The number of likely N-dealkylation sites (tertiary alicyclic amines) is 1. The van der Waals surface area contributed by atoms with Crippen LogP contribution in [0, 0.1) is 5.82 Å². The first-order valence-electron chi connectivity index (χ1n) is 8.50. The van der Waals surface area contributed by atoms with Crippen molar-refractivity contribution in [3.8, 4) is 5.75 Å². The Bertz CT molecular complexity index is 929. The third-order valence-corrected chi connectivity index (χ3v) is 4.49. The van der Waals surface area contributed by atoms with Crippen LogP contribution in [0.5, 0.6) is 5.75 Å². The maximum atomic E-state index is 13.8. The molecule has 0 saturated carbocycles. The van der Waals surface area contributed by atoms with E-state index in [1.54, 1.807) is 18.3 Å². The summed E-state index contributed by atoms with van der Waals surface area (Å²) < 4.78 is 24.0. The quantitative estimate of drug-likeness (QED) is 0.466. The number of aliphatic hydroxyl groups is 1. The third kappa shape index (κ3) is 3.46. The Balaban J connectivity index is 2.21. The lowest BCUT2D eigenvalue weighted by Gasteiger charge is -2.24. The van der Waals surface area contributed by atoms with Crippen molar-refractivity contribution < 1.29 is 28.6 Å². The van der Waals surface area contributed by atoms with Crippen molar-refractivity contribution in [3.63, 3.8) is 0 Å². The normalized spacial score (nSPS) is 18.5. The highest BCUT2D eigenvalue weighted by Crippen LogP contribution is 2.40. The van der Waals surface area contributed by atoms with Crippen LogP contribution in [0.25, 0.3) is 5.76 Å². The summed E-state index contributed by atoms with van der Waals surface area (Å²) in [6.45, 7) is 0.338. The van der Waals surface area contributed by atoms with Gasteiger partial charge in [-0.15, -0.1) is 0 Å². The van der Waals surface area contributed by atoms with Gasteiger partial charge in [-0.25, -0.2) is 4.39 Å². The molecule has 1 amide bonds. The molecule has 1 aliphatic heterocycles. The highest BCUT2D eigenvalue weighted by atomic mass is 19.1. The molecule has 0 bridgehead atoms. The summed E-state index contributed by atoms with van der Waals surface area (Å²) in [5.74, 6) is -2.60. The van der Waals surface area contributed by atoms with Gasteiger partial charge < -0.3 is 19.5 Å². The average Bonchev–Trinajstić information content (AvgIpc) is 2.97. The SMILES string of the molecule is COCCN1C(=O)C(=O)/C(=C(/O)c2cc(F)ccc2OC)C1c1cccnc1. The maximum absolute atomic E-state index is 13.8. The fourth-order valence-electron chi connectivity index (χ4n) is 3.19. The first-order valence-corrected chi connectivity index (χ1v) is 8.50. The van der Waals surface area contributed by atoms with Gasteiger partial charge in [0.1, 0.15) is 17.3 Å². The summed E-state index contributed by atoms with van der Waals surface area (Å²) in [6.07, 6.45) is 3.06.